The van der Waals surface area contributed by atoms with Crippen LogP contribution in [-0.4, -0.2) is 12.0 Å². The highest BCUT2D eigenvalue weighted by molar-refractivity contribution is 5.94. The number of rotatable bonds is 5. The highest BCUT2D eigenvalue weighted by Crippen LogP contribution is 2.27. The van der Waals surface area contributed by atoms with E-state index in [-0.39, 0.29) is 5.91 Å². The van der Waals surface area contributed by atoms with E-state index in [4.69, 9.17) is 4.74 Å². The summed E-state index contributed by atoms with van der Waals surface area (Å²) in [6, 6.07) is 13.9. The second kappa shape index (κ2) is 7.32. The first-order chi connectivity index (χ1) is 10.9. The lowest BCUT2D eigenvalue weighted by molar-refractivity contribution is -0.122. The molecular formula is C20H25NO2. The van der Waals surface area contributed by atoms with Crippen LogP contribution in [0.25, 0.3) is 0 Å². The number of nitrogens with one attached hydrogen (secondary N) is 1. The predicted octanol–water partition coefficient (Wildman–Crippen LogP) is 4.83. The Kier molecular flexibility index (Phi) is 5.43. The van der Waals surface area contributed by atoms with Crippen molar-refractivity contribution in [3.63, 3.8) is 0 Å². The Balaban J connectivity index is 2.08. The van der Waals surface area contributed by atoms with E-state index in [1.165, 1.54) is 0 Å². The molecule has 2 aromatic carbocycles. The van der Waals surface area contributed by atoms with Crippen LogP contribution in [0.2, 0.25) is 0 Å². The van der Waals surface area contributed by atoms with Crippen molar-refractivity contribution in [2.75, 3.05) is 5.32 Å². The average Bonchev–Trinajstić information content (AvgIpc) is 2.46. The zero-order valence-electron chi connectivity index (χ0n) is 14.5. The molecule has 0 radical (unpaired) electrons. The Bertz CT molecular complexity index is 672. The molecule has 0 aromatic heterocycles. The smallest absolute Gasteiger partial charge is 0.265 e. The molecule has 3 heteroatoms. The molecule has 1 atom stereocenters. The van der Waals surface area contributed by atoms with Crippen molar-refractivity contribution in [2.24, 2.45) is 0 Å². The Morgan fingerprint density at radius 2 is 1.61 bits per heavy atom. The summed E-state index contributed by atoms with van der Waals surface area (Å²) in [5.41, 5.74) is 4.16. The van der Waals surface area contributed by atoms with Gasteiger partial charge in [0, 0.05) is 5.69 Å². The molecule has 0 aliphatic heterocycles. The number of carbonyl (C=O) groups is 1. The van der Waals surface area contributed by atoms with Crippen molar-refractivity contribution in [3.05, 3.63) is 59.2 Å². The third-order valence-corrected chi connectivity index (χ3v) is 3.70. The largest absolute Gasteiger partial charge is 0.481 e. The summed E-state index contributed by atoms with van der Waals surface area (Å²) >= 11 is 0. The Morgan fingerprint density at radius 1 is 1.00 bits per heavy atom. The number of anilines is 1. The molecule has 0 heterocycles. The molecule has 0 aliphatic carbocycles. The van der Waals surface area contributed by atoms with E-state index in [2.05, 4.69) is 25.2 Å². The topological polar surface area (TPSA) is 38.3 Å². The summed E-state index contributed by atoms with van der Waals surface area (Å²) in [4.78, 5) is 12.4. The average molecular weight is 311 g/mol. The molecule has 2 rings (SSSR count). The molecule has 0 fully saturated rings. The second-order valence-corrected chi connectivity index (χ2v) is 6.32. The lowest BCUT2D eigenvalue weighted by Gasteiger charge is -2.19. The van der Waals surface area contributed by atoms with Crippen LogP contribution in [0.4, 0.5) is 5.69 Å². The number of carbonyl (C=O) groups excluding carboxylic acids is 1. The standard InChI is InChI=1S/C20H25NO2/c1-13(2)18-8-6-7-9-19(18)23-16(5)20(22)21-17-11-14(3)10-15(4)12-17/h6-13,16H,1-5H3,(H,21,22)/t16-/m0/s1. The fraction of sp³-hybridized carbons (Fsp3) is 0.350. The molecule has 0 unspecified atom stereocenters. The number of hydrogen-bond donors (Lipinski definition) is 1. The molecule has 0 aliphatic rings. The zero-order valence-corrected chi connectivity index (χ0v) is 14.5. The van der Waals surface area contributed by atoms with Crippen LogP contribution < -0.4 is 10.1 Å². The number of hydrogen-bond acceptors (Lipinski definition) is 2. The van der Waals surface area contributed by atoms with E-state index in [1.54, 1.807) is 6.92 Å². The van der Waals surface area contributed by atoms with Crippen LogP contribution in [0.1, 0.15) is 43.4 Å². The maximum absolute atomic E-state index is 12.4. The van der Waals surface area contributed by atoms with Crippen molar-refractivity contribution >= 4 is 11.6 Å². The lowest BCUT2D eigenvalue weighted by atomic mass is 10.0. The molecule has 23 heavy (non-hydrogen) atoms. The van der Waals surface area contributed by atoms with Crippen LogP contribution >= 0.6 is 0 Å². The zero-order chi connectivity index (χ0) is 17.0. The molecular weight excluding hydrogens is 286 g/mol. The van der Waals surface area contributed by atoms with Gasteiger partial charge in [-0.2, -0.15) is 0 Å². The number of benzene rings is 2. The second-order valence-electron chi connectivity index (χ2n) is 6.32. The molecule has 0 bridgehead atoms. The van der Waals surface area contributed by atoms with Crippen LogP contribution in [-0.2, 0) is 4.79 Å². The van der Waals surface area contributed by atoms with Gasteiger partial charge in [0.25, 0.3) is 5.91 Å². The lowest BCUT2D eigenvalue weighted by Crippen LogP contribution is -2.30. The van der Waals surface area contributed by atoms with E-state index in [1.807, 2.05) is 50.2 Å². The van der Waals surface area contributed by atoms with E-state index in [0.717, 1.165) is 28.1 Å². The first kappa shape index (κ1) is 17.1. The number of aryl methyl sites for hydroxylation is 2. The van der Waals surface area contributed by atoms with Crippen molar-refractivity contribution in [2.45, 2.75) is 46.6 Å². The van der Waals surface area contributed by atoms with Gasteiger partial charge in [0.2, 0.25) is 0 Å². The minimum Gasteiger partial charge on any atom is -0.481 e. The first-order valence-corrected chi connectivity index (χ1v) is 8.01. The maximum atomic E-state index is 12.4. The van der Waals surface area contributed by atoms with Crippen LogP contribution in [0, 0.1) is 13.8 Å². The summed E-state index contributed by atoms with van der Waals surface area (Å²) in [6.07, 6.45) is -0.560. The molecule has 2 aromatic rings. The monoisotopic (exact) mass is 311 g/mol. The minimum atomic E-state index is -0.560. The SMILES string of the molecule is Cc1cc(C)cc(NC(=O)[C@H](C)Oc2ccccc2C(C)C)c1. The number of amides is 1. The van der Waals surface area contributed by atoms with Crippen LogP contribution in [0.15, 0.2) is 42.5 Å². The van der Waals surface area contributed by atoms with E-state index in [9.17, 15) is 4.79 Å². The van der Waals surface area contributed by atoms with Crippen molar-refractivity contribution in [3.8, 4) is 5.75 Å². The van der Waals surface area contributed by atoms with Gasteiger partial charge < -0.3 is 10.1 Å². The van der Waals surface area contributed by atoms with E-state index < -0.39 is 6.10 Å². The molecule has 0 saturated carbocycles. The van der Waals surface area contributed by atoms with Crippen molar-refractivity contribution in [1.29, 1.82) is 0 Å². The van der Waals surface area contributed by atoms with E-state index in [0.29, 0.717) is 5.92 Å². The van der Waals surface area contributed by atoms with Crippen molar-refractivity contribution < 1.29 is 9.53 Å². The van der Waals surface area contributed by atoms with Gasteiger partial charge in [-0.1, -0.05) is 38.1 Å². The molecule has 0 saturated heterocycles. The van der Waals surface area contributed by atoms with Gasteiger partial charge in [-0.3, -0.25) is 4.79 Å². The fourth-order valence-electron chi connectivity index (χ4n) is 2.60. The van der Waals surface area contributed by atoms with Crippen LogP contribution in [0.5, 0.6) is 5.75 Å². The molecule has 122 valence electrons. The summed E-state index contributed by atoms with van der Waals surface area (Å²) in [6.45, 7) is 10.0. The summed E-state index contributed by atoms with van der Waals surface area (Å²) in [5.74, 6) is 0.972. The van der Waals surface area contributed by atoms with E-state index >= 15 is 0 Å². The van der Waals surface area contributed by atoms with Gasteiger partial charge in [-0.05, 0) is 61.6 Å². The number of ether oxygens (including phenoxy) is 1. The Labute approximate surface area is 138 Å². The van der Waals surface area contributed by atoms with Gasteiger partial charge in [0.05, 0.1) is 0 Å². The fourth-order valence-corrected chi connectivity index (χ4v) is 2.60. The summed E-state index contributed by atoms with van der Waals surface area (Å²) in [5, 5.41) is 2.93. The minimum absolute atomic E-state index is 0.145. The number of para-hydroxylation sites is 1. The molecule has 3 nitrogen and oxygen atoms in total. The highest BCUT2D eigenvalue weighted by atomic mass is 16.5. The maximum Gasteiger partial charge on any atom is 0.265 e. The third kappa shape index (κ3) is 4.59. The quantitative estimate of drug-likeness (QED) is 0.858. The summed E-state index contributed by atoms with van der Waals surface area (Å²) in [7, 11) is 0. The third-order valence-electron chi connectivity index (χ3n) is 3.70. The van der Waals surface area contributed by atoms with Crippen molar-refractivity contribution in [1.82, 2.24) is 0 Å². The first-order valence-electron chi connectivity index (χ1n) is 8.01. The predicted molar refractivity (Wildman–Crippen MR) is 95.2 cm³/mol. The molecule has 0 spiro atoms. The van der Waals surface area contributed by atoms with Gasteiger partial charge in [0.1, 0.15) is 5.75 Å². The highest BCUT2D eigenvalue weighted by Gasteiger charge is 2.17. The van der Waals surface area contributed by atoms with Gasteiger partial charge in [-0.25, -0.2) is 0 Å². The normalized spacial score (nSPS) is 12.1. The summed E-state index contributed by atoms with van der Waals surface area (Å²) < 4.78 is 5.89. The van der Waals surface area contributed by atoms with Gasteiger partial charge >= 0.3 is 0 Å². The van der Waals surface area contributed by atoms with Crippen LogP contribution in [0.3, 0.4) is 0 Å². The van der Waals surface area contributed by atoms with Gasteiger partial charge in [0.15, 0.2) is 6.10 Å². The Morgan fingerprint density at radius 3 is 2.22 bits per heavy atom. The Hall–Kier alpha value is -2.29. The molecule has 1 amide bonds. The van der Waals surface area contributed by atoms with Gasteiger partial charge in [-0.15, -0.1) is 0 Å². The molecule has 1 N–H and O–H groups in total.